The Bertz CT molecular complexity index is 560. The predicted octanol–water partition coefficient (Wildman–Crippen LogP) is 2.62. The minimum atomic E-state index is -3.45. The molecule has 2 rings (SSSR count). The van der Waals surface area contributed by atoms with Gasteiger partial charge in [-0.05, 0) is 44.9 Å². The van der Waals surface area contributed by atoms with Gasteiger partial charge in [0.05, 0.1) is 11.4 Å². The van der Waals surface area contributed by atoms with Crippen LogP contribution in [0.5, 0.6) is 0 Å². The quantitative estimate of drug-likeness (QED) is 0.933. The molecule has 0 saturated heterocycles. The highest BCUT2D eigenvalue weighted by Gasteiger charge is 2.35. The highest BCUT2D eigenvalue weighted by atomic mass is 32.2. The molecule has 1 N–H and O–H groups in total. The van der Waals surface area contributed by atoms with E-state index >= 15 is 0 Å². The third-order valence-corrected chi connectivity index (χ3v) is 6.69. The second-order valence-corrected chi connectivity index (χ2v) is 8.61. The number of H-pyrrole nitrogens is 1. The predicted molar refractivity (Wildman–Crippen MR) is 79.0 cm³/mol. The molecular weight excluding hydrogens is 274 g/mol. The third-order valence-electron chi connectivity index (χ3n) is 4.52. The fraction of sp³-hybridized carbons (Fsp3) is 0.786. The van der Waals surface area contributed by atoms with Gasteiger partial charge >= 0.3 is 0 Å². The second kappa shape index (κ2) is 5.15. The van der Waals surface area contributed by atoms with Gasteiger partial charge in [-0.15, -0.1) is 0 Å². The lowest BCUT2D eigenvalue weighted by atomic mass is 9.76. The standard InChI is InChI=1S/C14H25N3O2S/c1-10-13(11(2)16-15-10)20(18,19)17(5)12-6-8-14(3,4)9-7-12/h12H,6-9H2,1-5H3,(H,15,16). The first kappa shape index (κ1) is 15.5. The van der Waals surface area contributed by atoms with E-state index in [0.717, 1.165) is 25.7 Å². The van der Waals surface area contributed by atoms with Gasteiger partial charge < -0.3 is 0 Å². The molecule has 1 saturated carbocycles. The number of hydrogen-bond donors (Lipinski definition) is 1. The van der Waals surface area contributed by atoms with Crippen molar-refractivity contribution in [2.45, 2.75) is 64.3 Å². The molecule has 1 heterocycles. The normalized spacial score (nSPS) is 20.5. The summed E-state index contributed by atoms with van der Waals surface area (Å²) in [4.78, 5) is 0.338. The van der Waals surface area contributed by atoms with Gasteiger partial charge in [0.15, 0.2) is 0 Å². The zero-order valence-electron chi connectivity index (χ0n) is 13.0. The molecular formula is C14H25N3O2S. The maximum atomic E-state index is 12.8. The number of rotatable bonds is 3. The average Bonchev–Trinajstić information content (AvgIpc) is 2.68. The molecule has 1 aromatic rings. The molecule has 0 spiro atoms. The molecule has 0 aliphatic heterocycles. The molecule has 5 nitrogen and oxygen atoms in total. The van der Waals surface area contributed by atoms with Gasteiger partial charge in [-0.3, -0.25) is 5.10 Å². The van der Waals surface area contributed by atoms with Crippen LogP contribution in [0.3, 0.4) is 0 Å². The lowest BCUT2D eigenvalue weighted by molar-refractivity contribution is 0.174. The van der Waals surface area contributed by atoms with E-state index in [1.807, 2.05) is 0 Å². The Morgan fingerprint density at radius 3 is 2.25 bits per heavy atom. The summed E-state index contributed by atoms with van der Waals surface area (Å²) >= 11 is 0. The molecule has 1 aliphatic rings. The summed E-state index contributed by atoms with van der Waals surface area (Å²) < 4.78 is 27.1. The van der Waals surface area contributed by atoms with E-state index in [1.165, 1.54) is 0 Å². The Hall–Kier alpha value is -0.880. The molecule has 0 bridgehead atoms. The van der Waals surface area contributed by atoms with Crippen molar-refractivity contribution in [3.63, 3.8) is 0 Å². The van der Waals surface area contributed by atoms with Crippen molar-refractivity contribution in [2.24, 2.45) is 5.41 Å². The van der Waals surface area contributed by atoms with Crippen LogP contribution in [0.4, 0.5) is 0 Å². The largest absolute Gasteiger partial charge is 0.281 e. The number of hydrogen-bond acceptors (Lipinski definition) is 3. The molecule has 6 heteroatoms. The molecule has 0 aromatic carbocycles. The van der Waals surface area contributed by atoms with Crippen LogP contribution in [-0.4, -0.2) is 36.0 Å². The Kier molecular flexibility index (Phi) is 3.99. The minimum Gasteiger partial charge on any atom is -0.281 e. The lowest BCUT2D eigenvalue weighted by Gasteiger charge is -2.38. The van der Waals surface area contributed by atoms with Crippen molar-refractivity contribution in [2.75, 3.05) is 7.05 Å². The summed E-state index contributed by atoms with van der Waals surface area (Å²) in [6, 6.07) is 0.0988. The molecule has 0 unspecified atom stereocenters. The first-order valence-corrected chi connectivity index (χ1v) is 8.59. The molecule has 1 fully saturated rings. The maximum absolute atomic E-state index is 12.8. The average molecular weight is 299 g/mol. The van der Waals surface area contributed by atoms with Crippen LogP contribution in [0, 0.1) is 19.3 Å². The van der Waals surface area contributed by atoms with Gasteiger partial charge in [-0.25, -0.2) is 8.42 Å². The van der Waals surface area contributed by atoms with Crippen molar-refractivity contribution in [3.05, 3.63) is 11.4 Å². The van der Waals surface area contributed by atoms with Crippen LogP contribution in [0.25, 0.3) is 0 Å². The third kappa shape index (κ3) is 2.76. The van der Waals surface area contributed by atoms with E-state index in [2.05, 4.69) is 24.0 Å². The van der Waals surface area contributed by atoms with Gasteiger partial charge in [-0.1, -0.05) is 13.8 Å². The Morgan fingerprint density at radius 1 is 1.25 bits per heavy atom. The van der Waals surface area contributed by atoms with E-state index in [4.69, 9.17) is 0 Å². The number of aryl methyl sites for hydroxylation is 2. The van der Waals surface area contributed by atoms with Gasteiger partial charge in [0, 0.05) is 13.1 Å². The van der Waals surface area contributed by atoms with Crippen LogP contribution >= 0.6 is 0 Å². The summed E-state index contributed by atoms with van der Waals surface area (Å²) in [5, 5.41) is 6.76. The number of nitrogens with zero attached hydrogens (tertiary/aromatic N) is 2. The molecule has 1 aromatic heterocycles. The van der Waals surface area contributed by atoms with Crippen molar-refractivity contribution in [1.82, 2.24) is 14.5 Å². The van der Waals surface area contributed by atoms with Gasteiger partial charge in [0.1, 0.15) is 4.90 Å². The van der Waals surface area contributed by atoms with Gasteiger partial charge in [-0.2, -0.15) is 9.40 Å². The van der Waals surface area contributed by atoms with E-state index < -0.39 is 10.0 Å². The topological polar surface area (TPSA) is 66.1 Å². The number of aromatic nitrogens is 2. The van der Waals surface area contributed by atoms with E-state index in [-0.39, 0.29) is 6.04 Å². The van der Waals surface area contributed by atoms with E-state index in [9.17, 15) is 8.42 Å². The van der Waals surface area contributed by atoms with E-state index in [1.54, 1.807) is 25.2 Å². The zero-order valence-corrected chi connectivity index (χ0v) is 13.8. The Balaban J connectivity index is 2.23. The van der Waals surface area contributed by atoms with Crippen LogP contribution in [0.1, 0.15) is 50.9 Å². The van der Waals surface area contributed by atoms with Crippen molar-refractivity contribution in [3.8, 4) is 0 Å². The summed E-state index contributed by atoms with van der Waals surface area (Å²) in [7, 11) is -1.76. The molecule has 0 atom stereocenters. The maximum Gasteiger partial charge on any atom is 0.246 e. The number of nitrogens with one attached hydrogen (secondary N) is 1. The highest BCUT2D eigenvalue weighted by Crippen LogP contribution is 2.38. The van der Waals surface area contributed by atoms with Crippen LogP contribution < -0.4 is 0 Å². The van der Waals surface area contributed by atoms with Crippen LogP contribution in [0.2, 0.25) is 0 Å². The summed E-state index contributed by atoms with van der Waals surface area (Å²) in [6.45, 7) is 7.99. The zero-order chi connectivity index (χ0) is 15.1. The summed E-state index contributed by atoms with van der Waals surface area (Å²) in [5.41, 5.74) is 1.50. The highest BCUT2D eigenvalue weighted by molar-refractivity contribution is 7.89. The SMILES string of the molecule is Cc1n[nH]c(C)c1S(=O)(=O)N(C)C1CCC(C)(C)CC1. The first-order valence-electron chi connectivity index (χ1n) is 7.15. The number of sulfonamides is 1. The smallest absolute Gasteiger partial charge is 0.246 e. The monoisotopic (exact) mass is 299 g/mol. The number of aromatic amines is 1. The van der Waals surface area contributed by atoms with Crippen LogP contribution in [0.15, 0.2) is 4.90 Å². The molecule has 0 amide bonds. The fourth-order valence-electron chi connectivity index (χ4n) is 3.01. The summed E-state index contributed by atoms with van der Waals surface area (Å²) in [5.74, 6) is 0. The fourth-order valence-corrected chi connectivity index (χ4v) is 4.75. The molecule has 114 valence electrons. The summed E-state index contributed by atoms with van der Waals surface area (Å²) in [6.07, 6.45) is 4.00. The van der Waals surface area contributed by atoms with E-state index in [0.29, 0.717) is 21.7 Å². The van der Waals surface area contributed by atoms with Gasteiger partial charge in [0.25, 0.3) is 0 Å². The molecule has 1 aliphatic carbocycles. The van der Waals surface area contributed by atoms with Crippen LogP contribution in [-0.2, 0) is 10.0 Å². The first-order chi connectivity index (χ1) is 9.15. The molecule has 0 radical (unpaired) electrons. The van der Waals surface area contributed by atoms with Crippen molar-refractivity contribution in [1.29, 1.82) is 0 Å². The Morgan fingerprint density at radius 2 is 1.80 bits per heavy atom. The van der Waals surface area contributed by atoms with Crippen molar-refractivity contribution >= 4 is 10.0 Å². The molecule has 20 heavy (non-hydrogen) atoms. The van der Waals surface area contributed by atoms with Gasteiger partial charge in [0.2, 0.25) is 10.0 Å². The Labute approximate surface area is 121 Å². The van der Waals surface area contributed by atoms with Crippen molar-refractivity contribution < 1.29 is 8.42 Å². The lowest BCUT2D eigenvalue weighted by Crippen LogP contribution is -2.41. The minimum absolute atomic E-state index is 0.0988. The second-order valence-electron chi connectivity index (χ2n) is 6.68.